The maximum atomic E-state index is 14.0. The minimum absolute atomic E-state index is 0.176. The van der Waals surface area contributed by atoms with E-state index in [1.807, 2.05) is 35.2 Å². The molecule has 1 N–H and O–H groups in total. The number of nitrogens with zero attached hydrogens (tertiary/aromatic N) is 1. The number of ether oxygens (including phenoxy) is 1. The molecular weight excluding hydrogens is 367 g/mol. The van der Waals surface area contributed by atoms with Crippen LogP contribution in [0.2, 0.25) is 0 Å². The van der Waals surface area contributed by atoms with Crippen molar-refractivity contribution in [1.82, 2.24) is 9.88 Å². The Morgan fingerprint density at radius 2 is 2.03 bits per heavy atom. The minimum atomic E-state index is -0.259. The van der Waals surface area contributed by atoms with Crippen LogP contribution < -0.4 is 0 Å². The maximum absolute atomic E-state index is 14.0. The van der Waals surface area contributed by atoms with E-state index in [1.54, 1.807) is 12.1 Å². The number of aromatic nitrogens is 1. The van der Waals surface area contributed by atoms with Gasteiger partial charge in [-0.05, 0) is 55.0 Å². The van der Waals surface area contributed by atoms with Crippen LogP contribution in [0.4, 0.5) is 4.39 Å². The van der Waals surface area contributed by atoms with E-state index in [0.29, 0.717) is 26.0 Å². The number of hydrogen-bond donors (Lipinski definition) is 1. The van der Waals surface area contributed by atoms with Crippen molar-refractivity contribution in [3.8, 4) is 11.3 Å². The predicted molar refractivity (Wildman–Crippen MR) is 111 cm³/mol. The van der Waals surface area contributed by atoms with Gasteiger partial charge in [0, 0.05) is 29.6 Å². The van der Waals surface area contributed by atoms with Gasteiger partial charge in [0.2, 0.25) is 5.91 Å². The summed E-state index contributed by atoms with van der Waals surface area (Å²) in [6.07, 6.45) is 4.42. The van der Waals surface area contributed by atoms with E-state index >= 15 is 0 Å². The first-order valence-electron chi connectivity index (χ1n) is 10.5. The van der Waals surface area contributed by atoms with E-state index in [1.165, 1.54) is 6.07 Å². The van der Waals surface area contributed by atoms with Gasteiger partial charge in [-0.2, -0.15) is 0 Å². The molecule has 0 radical (unpaired) electrons. The number of aryl methyl sites for hydroxylation is 1. The highest BCUT2D eigenvalue weighted by atomic mass is 19.1. The van der Waals surface area contributed by atoms with Gasteiger partial charge in [-0.1, -0.05) is 30.3 Å². The van der Waals surface area contributed by atoms with Crippen LogP contribution in [0, 0.1) is 5.82 Å². The summed E-state index contributed by atoms with van der Waals surface area (Å²) in [6, 6.07) is 15.1. The van der Waals surface area contributed by atoms with E-state index in [0.717, 1.165) is 47.0 Å². The molecule has 5 rings (SSSR count). The second-order valence-corrected chi connectivity index (χ2v) is 8.03. The van der Waals surface area contributed by atoms with Gasteiger partial charge in [-0.3, -0.25) is 4.79 Å². The third-order valence-corrected chi connectivity index (χ3v) is 6.32. The Hall–Kier alpha value is -2.66. The van der Waals surface area contributed by atoms with E-state index in [2.05, 4.69) is 4.98 Å². The summed E-state index contributed by atoms with van der Waals surface area (Å²) in [5.41, 5.74) is 3.93. The predicted octanol–water partition coefficient (Wildman–Crippen LogP) is 4.69. The third-order valence-electron chi connectivity index (χ3n) is 6.32. The van der Waals surface area contributed by atoms with Gasteiger partial charge in [-0.25, -0.2) is 4.39 Å². The fourth-order valence-electron chi connectivity index (χ4n) is 4.94. The fraction of sp³-hybridized carbons (Fsp3) is 0.375. The van der Waals surface area contributed by atoms with Gasteiger partial charge in [0.15, 0.2) is 0 Å². The van der Waals surface area contributed by atoms with Crippen molar-refractivity contribution >= 4 is 16.8 Å². The normalized spacial score (nSPS) is 21.5. The highest BCUT2D eigenvalue weighted by Crippen LogP contribution is 2.33. The molecule has 3 aromatic rings. The summed E-state index contributed by atoms with van der Waals surface area (Å²) >= 11 is 0. The number of benzene rings is 2. The number of carbonyl (C=O) groups is 1. The number of H-pyrrole nitrogens is 1. The fourth-order valence-corrected chi connectivity index (χ4v) is 4.94. The van der Waals surface area contributed by atoms with Gasteiger partial charge < -0.3 is 14.6 Å². The molecule has 0 bridgehead atoms. The summed E-state index contributed by atoms with van der Waals surface area (Å²) in [5.74, 6) is -0.0828. The number of rotatable bonds is 4. The molecule has 2 atom stereocenters. The molecule has 1 amide bonds. The second kappa shape index (κ2) is 7.64. The number of aromatic amines is 1. The molecule has 1 saturated carbocycles. The van der Waals surface area contributed by atoms with Crippen LogP contribution in [-0.2, 0) is 16.0 Å². The Morgan fingerprint density at radius 1 is 1.17 bits per heavy atom. The Kier molecular flexibility index (Phi) is 4.84. The number of carbonyl (C=O) groups excluding carboxylic acids is 1. The molecular formula is C24H25FN2O2. The third kappa shape index (κ3) is 3.44. The van der Waals surface area contributed by atoms with Crippen molar-refractivity contribution in [3.63, 3.8) is 0 Å². The van der Waals surface area contributed by atoms with Crippen molar-refractivity contribution in [3.05, 3.63) is 59.9 Å². The molecule has 1 aromatic heterocycles. The summed E-state index contributed by atoms with van der Waals surface area (Å²) in [5, 5.41) is 0.859. The number of fused-ring (bicyclic) bond motifs is 2. The van der Waals surface area contributed by atoms with Crippen molar-refractivity contribution < 1.29 is 13.9 Å². The van der Waals surface area contributed by atoms with Crippen LogP contribution in [0.3, 0.4) is 0 Å². The van der Waals surface area contributed by atoms with Crippen LogP contribution in [0.1, 0.15) is 31.2 Å². The molecule has 2 aliphatic rings. The lowest BCUT2D eigenvalue weighted by Gasteiger charge is -2.37. The standard InChI is InChI=1S/C24H25FN2O2/c25-17-9-11-20-19(15-17)18(24(26-20)16-5-2-1-3-6-16)10-12-23(28)27-13-14-29-22-8-4-7-21(22)27/h1-3,5-6,9,11,15,21-22,26H,4,7-8,10,12-14H2. The van der Waals surface area contributed by atoms with Gasteiger partial charge in [0.25, 0.3) is 0 Å². The van der Waals surface area contributed by atoms with E-state index in [9.17, 15) is 9.18 Å². The second-order valence-electron chi connectivity index (χ2n) is 8.03. The molecule has 2 unspecified atom stereocenters. The number of nitrogens with one attached hydrogen (secondary N) is 1. The molecule has 29 heavy (non-hydrogen) atoms. The Balaban J connectivity index is 1.43. The van der Waals surface area contributed by atoms with Gasteiger partial charge in [-0.15, -0.1) is 0 Å². The zero-order chi connectivity index (χ0) is 19.8. The largest absolute Gasteiger partial charge is 0.374 e. The van der Waals surface area contributed by atoms with E-state index < -0.39 is 0 Å². The van der Waals surface area contributed by atoms with Crippen molar-refractivity contribution in [2.45, 2.75) is 44.2 Å². The lowest BCUT2D eigenvalue weighted by molar-refractivity contribution is -0.143. The highest BCUT2D eigenvalue weighted by molar-refractivity contribution is 5.91. The zero-order valence-electron chi connectivity index (χ0n) is 16.4. The quantitative estimate of drug-likeness (QED) is 0.700. The molecule has 2 aromatic carbocycles. The van der Waals surface area contributed by atoms with Crippen LogP contribution >= 0.6 is 0 Å². The van der Waals surface area contributed by atoms with Gasteiger partial charge >= 0.3 is 0 Å². The van der Waals surface area contributed by atoms with Gasteiger partial charge in [0.1, 0.15) is 5.82 Å². The molecule has 1 aliphatic carbocycles. The lowest BCUT2D eigenvalue weighted by Crippen LogP contribution is -2.51. The Labute approximate surface area is 169 Å². The number of halogens is 1. The molecule has 1 saturated heterocycles. The monoisotopic (exact) mass is 392 g/mol. The van der Waals surface area contributed by atoms with Crippen molar-refractivity contribution in [1.29, 1.82) is 0 Å². The van der Waals surface area contributed by atoms with Gasteiger partial charge in [0.05, 0.1) is 18.8 Å². The summed E-state index contributed by atoms with van der Waals surface area (Å²) in [7, 11) is 0. The molecule has 150 valence electrons. The first-order valence-corrected chi connectivity index (χ1v) is 10.5. The van der Waals surface area contributed by atoms with Crippen LogP contribution in [0.5, 0.6) is 0 Å². The van der Waals surface area contributed by atoms with Crippen LogP contribution in [-0.4, -0.2) is 41.1 Å². The first kappa shape index (κ1) is 18.4. The zero-order valence-corrected chi connectivity index (χ0v) is 16.4. The van der Waals surface area contributed by atoms with E-state index in [4.69, 9.17) is 4.74 Å². The topological polar surface area (TPSA) is 45.3 Å². The Morgan fingerprint density at radius 3 is 2.90 bits per heavy atom. The van der Waals surface area contributed by atoms with Crippen LogP contribution in [0.15, 0.2) is 48.5 Å². The average molecular weight is 392 g/mol. The molecule has 5 heteroatoms. The maximum Gasteiger partial charge on any atom is 0.223 e. The van der Waals surface area contributed by atoms with Crippen molar-refractivity contribution in [2.75, 3.05) is 13.2 Å². The first-order chi connectivity index (χ1) is 14.2. The molecule has 1 aliphatic heterocycles. The van der Waals surface area contributed by atoms with Crippen molar-refractivity contribution in [2.24, 2.45) is 0 Å². The van der Waals surface area contributed by atoms with E-state index in [-0.39, 0.29) is 23.9 Å². The smallest absolute Gasteiger partial charge is 0.223 e. The Bertz CT molecular complexity index is 1030. The molecule has 4 nitrogen and oxygen atoms in total. The molecule has 0 spiro atoms. The summed E-state index contributed by atoms with van der Waals surface area (Å²) < 4.78 is 19.8. The average Bonchev–Trinajstić information content (AvgIpc) is 3.37. The summed E-state index contributed by atoms with van der Waals surface area (Å²) in [6.45, 7) is 1.30. The minimum Gasteiger partial charge on any atom is -0.374 e. The lowest BCUT2D eigenvalue weighted by atomic mass is 10.00. The molecule has 2 heterocycles. The SMILES string of the molecule is O=C(CCc1c(-c2ccccc2)[nH]c2ccc(F)cc12)N1CCOC2CCCC21. The molecule has 2 fully saturated rings. The number of hydrogen-bond acceptors (Lipinski definition) is 2. The highest BCUT2D eigenvalue weighted by Gasteiger charge is 2.38. The summed E-state index contributed by atoms with van der Waals surface area (Å²) in [4.78, 5) is 18.5. The number of morpholine rings is 1. The number of amides is 1. The van der Waals surface area contributed by atoms with Crippen LogP contribution in [0.25, 0.3) is 22.2 Å².